The van der Waals surface area contributed by atoms with Crippen LogP contribution in [-0.4, -0.2) is 28.3 Å². The van der Waals surface area contributed by atoms with Gasteiger partial charge in [-0.25, -0.2) is 4.68 Å². The van der Waals surface area contributed by atoms with Gasteiger partial charge in [0.15, 0.2) is 0 Å². The summed E-state index contributed by atoms with van der Waals surface area (Å²) in [6, 6.07) is 9.47. The summed E-state index contributed by atoms with van der Waals surface area (Å²) >= 11 is 0. The quantitative estimate of drug-likeness (QED) is 0.894. The van der Waals surface area contributed by atoms with E-state index in [-0.39, 0.29) is 11.9 Å². The molecule has 0 saturated carbocycles. The lowest BCUT2D eigenvalue weighted by Crippen LogP contribution is -2.39. The van der Waals surface area contributed by atoms with E-state index in [1.165, 1.54) is 0 Å². The molecule has 2 heterocycles. The van der Waals surface area contributed by atoms with Gasteiger partial charge in [-0.05, 0) is 49.2 Å². The summed E-state index contributed by atoms with van der Waals surface area (Å²) in [6.07, 6.45) is 4.68. The van der Waals surface area contributed by atoms with E-state index in [9.17, 15) is 4.79 Å². The maximum atomic E-state index is 12.1. The van der Waals surface area contributed by atoms with Gasteiger partial charge in [0, 0.05) is 18.1 Å². The highest BCUT2D eigenvalue weighted by atomic mass is 16.2. The number of carbonyl (C=O) groups excluding carboxylic acids is 1. The Labute approximate surface area is 118 Å². The van der Waals surface area contributed by atoms with E-state index in [0.717, 1.165) is 24.3 Å². The van der Waals surface area contributed by atoms with Crippen molar-refractivity contribution in [2.45, 2.75) is 19.4 Å². The van der Waals surface area contributed by atoms with Crippen LogP contribution in [0.5, 0.6) is 0 Å². The van der Waals surface area contributed by atoms with Crippen molar-refractivity contribution in [1.29, 1.82) is 0 Å². The zero-order valence-electron chi connectivity index (χ0n) is 11.4. The first-order chi connectivity index (χ1) is 9.74. The number of aromatic nitrogens is 2. The second-order valence-corrected chi connectivity index (χ2v) is 5.18. The highest BCUT2D eigenvalue weighted by Crippen LogP contribution is 2.17. The predicted octanol–water partition coefficient (Wildman–Crippen LogP) is 1.81. The van der Waals surface area contributed by atoms with Gasteiger partial charge in [-0.15, -0.1) is 0 Å². The Bertz CT molecular complexity index is 576. The number of hydrogen-bond donors (Lipinski definition) is 2. The summed E-state index contributed by atoms with van der Waals surface area (Å²) in [4.78, 5) is 12.1. The largest absolute Gasteiger partial charge is 0.325 e. The normalized spacial score (nSPS) is 21.9. The van der Waals surface area contributed by atoms with Crippen molar-refractivity contribution in [1.82, 2.24) is 15.1 Å². The minimum atomic E-state index is -0.0826. The van der Waals surface area contributed by atoms with Crippen LogP contribution in [0.15, 0.2) is 42.7 Å². The molecule has 1 aromatic heterocycles. The molecule has 1 fully saturated rings. The minimum absolute atomic E-state index is 0.0434. The molecular weight excluding hydrogens is 252 g/mol. The zero-order valence-corrected chi connectivity index (χ0v) is 11.4. The average Bonchev–Trinajstić information content (AvgIpc) is 3.10. The fourth-order valence-electron chi connectivity index (χ4n) is 2.52. The zero-order chi connectivity index (χ0) is 13.9. The summed E-state index contributed by atoms with van der Waals surface area (Å²) < 4.78 is 1.78. The van der Waals surface area contributed by atoms with E-state index in [1.807, 2.05) is 36.5 Å². The number of carbonyl (C=O) groups is 1. The number of benzene rings is 1. The highest BCUT2D eigenvalue weighted by molar-refractivity contribution is 5.95. The van der Waals surface area contributed by atoms with E-state index in [1.54, 1.807) is 10.9 Å². The molecule has 3 rings (SSSR count). The Balaban J connectivity index is 1.68. The topological polar surface area (TPSA) is 59.0 Å². The fraction of sp³-hybridized carbons (Fsp3) is 0.333. The number of nitrogens with zero attached hydrogens (tertiary/aromatic N) is 2. The van der Waals surface area contributed by atoms with Crippen LogP contribution in [0, 0.1) is 5.92 Å². The first-order valence-corrected chi connectivity index (χ1v) is 6.88. The van der Waals surface area contributed by atoms with Gasteiger partial charge in [0.2, 0.25) is 5.91 Å². The lowest BCUT2D eigenvalue weighted by molar-refractivity contribution is -0.118. The van der Waals surface area contributed by atoms with E-state index in [0.29, 0.717) is 5.92 Å². The smallest absolute Gasteiger partial charge is 0.241 e. The molecule has 5 nitrogen and oxygen atoms in total. The number of amides is 1. The molecule has 1 aliphatic rings. The maximum absolute atomic E-state index is 12.1. The van der Waals surface area contributed by atoms with Crippen LogP contribution >= 0.6 is 0 Å². The molecule has 1 aromatic carbocycles. The van der Waals surface area contributed by atoms with Crippen molar-refractivity contribution in [3.05, 3.63) is 42.7 Å². The van der Waals surface area contributed by atoms with Crippen molar-refractivity contribution < 1.29 is 4.79 Å². The maximum Gasteiger partial charge on any atom is 0.241 e. The number of rotatable bonds is 3. The van der Waals surface area contributed by atoms with Gasteiger partial charge in [0.1, 0.15) is 0 Å². The molecule has 20 heavy (non-hydrogen) atoms. The average molecular weight is 270 g/mol. The van der Waals surface area contributed by atoms with Gasteiger partial charge in [-0.1, -0.05) is 6.92 Å². The number of anilines is 1. The molecule has 0 spiro atoms. The van der Waals surface area contributed by atoms with E-state index in [2.05, 4.69) is 22.7 Å². The second-order valence-electron chi connectivity index (χ2n) is 5.18. The Morgan fingerprint density at radius 1 is 1.40 bits per heavy atom. The number of nitrogens with one attached hydrogen (secondary N) is 2. The van der Waals surface area contributed by atoms with Crippen molar-refractivity contribution >= 4 is 11.6 Å². The molecule has 2 unspecified atom stereocenters. The Morgan fingerprint density at radius 2 is 2.20 bits per heavy atom. The molecule has 104 valence electrons. The molecule has 5 heteroatoms. The molecule has 1 saturated heterocycles. The highest BCUT2D eigenvalue weighted by Gasteiger charge is 2.29. The van der Waals surface area contributed by atoms with Crippen LogP contribution in [0.1, 0.15) is 13.3 Å². The third kappa shape index (κ3) is 2.58. The van der Waals surface area contributed by atoms with Crippen molar-refractivity contribution in [2.75, 3.05) is 11.9 Å². The minimum Gasteiger partial charge on any atom is -0.325 e. The summed E-state index contributed by atoms with van der Waals surface area (Å²) in [6.45, 7) is 3.02. The van der Waals surface area contributed by atoms with Crippen LogP contribution in [0.25, 0.3) is 5.69 Å². The summed E-state index contributed by atoms with van der Waals surface area (Å²) in [7, 11) is 0. The third-order valence-corrected chi connectivity index (χ3v) is 3.72. The Morgan fingerprint density at radius 3 is 2.80 bits per heavy atom. The fourth-order valence-corrected chi connectivity index (χ4v) is 2.52. The molecular formula is C15H18N4O. The van der Waals surface area contributed by atoms with E-state index >= 15 is 0 Å². The van der Waals surface area contributed by atoms with E-state index < -0.39 is 0 Å². The van der Waals surface area contributed by atoms with Gasteiger partial charge >= 0.3 is 0 Å². The number of hydrogen-bond acceptors (Lipinski definition) is 3. The standard InChI is InChI=1S/C15H18N4O/c1-11-7-9-16-14(11)15(20)18-12-3-5-13(6-4-12)19-10-2-8-17-19/h2-6,8,10-11,14,16H,7,9H2,1H3,(H,18,20). The Hall–Kier alpha value is -2.14. The van der Waals surface area contributed by atoms with Gasteiger partial charge in [0.25, 0.3) is 0 Å². The summed E-state index contributed by atoms with van der Waals surface area (Å²) in [5, 5.41) is 10.4. The molecule has 1 amide bonds. The van der Waals surface area contributed by atoms with Crippen LogP contribution < -0.4 is 10.6 Å². The molecule has 2 atom stereocenters. The van der Waals surface area contributed by atoms with Gasteiger partial charge < -0.3 is 10.6 Å². The lowest BCUT2D eigenvalue weighted by atomic mass is 10.0. The Kier molecular flexibility index (Phi) is 3.52. The van der Waals surface area contributed by atoms with Crippen molar-refractivity contribution in [2.24, 2.45) is 5.92 Å². The molecule has 2 N–H and O–H groups in total. The van der Waals surface area contributed by atoms with Crippen LogP contribution in [-0.2, 0) is 4.79 Å². The van der Waals surface area contributed by atoms with Gasteiger partial charge in [0.05, 0.1) is 11.7 Å². The summed E-state index contributed by atoms with van der Waals surface area (Å²) in [5.74, 6) is 0.431. The van der Waals surface area contributed by atoms with Crippen molar-refractivity contribution in [3.63, 3.8) is 0 Å². The lowest BCUT2D eigenvalue weighted by Gasteiger charge is -2.15. The van der Waals surface area contributed by atoms with Gasteiger partial charge in [-0.3, -0.25) is 4.79 Å². The monoisotopic (exact) mass is 270 g/mol. The van der Waals surface area contributed by atoms with Gasteiger partial charge in [-0.2, -0.15) is 5.10 Å². The second kappa shape index (κ2) is 5.46. The van der Waals surface area contributed by atoms with E-state index in [4.69, 9.17) is 0 Å². The SMILES string of the molecule is CC1CCNC1C(=O)Nc1ccc(-n2cccn2)cc1. The van der Waals surface area contributed by atoms with Crippen LogP contribution in [0.3, 0.4) is 0 Å². The molecule has 1 aliphatic heterocycles. The molecule has 0 radical (unpaired) electrons. The molecule has 0 bridgehead atoms. The third-order valence-electron chi connectivity index (χ3n) is 3.72. The first-order valence-electron chi connectivity index (χ1n) is 6.88. The van der Waals surface area contributed by atoms with Crippen LogP contribution in [0.4, 0.5) is 5.69 Å². The molecule has 2 aromatic rings. The van der Waals surface area contributed by atoms with Crippen molar-refractivity contribution in [3.8, 4) is 5.69 Å². The predicted molar refractivity (Wildman–Crippen MR) is 77.8 cm³/mol. The molecule has 0 aliphatic carbocycles. The summed E-state index contributed by atoms with van der Waals surface area (Å²) in [5.41, 5.74) is 1.78. The first kappa shape index (κ1) is 12.9. The van der Waals surface area contributed by atoms with Crippen LogP contribution in [0.2, 0.25) is 0 Å².